The summed E-state index contributed by atoms with van der Waals surface area (Å²) in [5.41, 5.74) is 0.566. The van der Waals surface area contributed by atoms with E-state index in [4.69, 9.17) is 16.3 Å². The number of rotatable bonds is 3. The van der Waals surface area contributed by atoms with Gasteiger partial charge in [0.05, 0.1) is 12.2 Å². The average Bonchev–Trinajstić information content (AvgIpc) is 2.95. The fourth-order valence-electron chi connectivity index (χ4n) is 3.19. The van der Waals surface area contributed by atoms with Crippen molar-refractivity contribution >= 4 is 29.3 Å². The van der Waals surface area contributed by atoms with Crippen molar-refractivity contribution in [2.24, 2.45) is 23.7 Å². The summed E-state index contributed by atoms with van der Waals surface area (Å²) >= 11 is 7.84. The molecule has 0 spiro atoms. The molecule has 1 saturated heterocycles. The molecule has 0 bridgehead atoms. The lowest BCUT2D eigenvalue weighted by Crippen LogP contribution is -2.33. The highest BCUT2D eigenvalue weighted by molar-refractivity contribution is 7.99. The predicted octanol–water partition coefficient (Wildman–Crippen LogP) is 4.30. The van der Waals surface area contributed by atoms with Gasteiger partial charge in [0, 0.05) is 10.9 Å². The molecule has 21 heavy (non-hydrogen) atoms. The minimum Gasteiger partial charge on any atom is -0.462 e. The van der Waals surface area contributed by atoms with Gasteiger partial charge in [-0.05, 0) is 53.5 Å². The maximum atomic E-state index is 12.1. The van der Waals surface area contributed by atoms with Crippen LogP contribution in [0.4, 0.5) is 0 Å². The molecule has 0 unspecified atom stereocenters. The van der Waals surface area contributed by atoms with Crippen LogP contribution in [-0.4, -0.2) is 24.1 Å². The number of halogens is 1. The predicted molar refractivity (Wildman–Crippen MR) is 87.8 cm³/mol. The molecule has 1 aliphatic carbocycles. The first-order valence-corrected chi connectivity index (χ1v) is 8.87. The first-order valence-electron chi connectivity index (χ1n) is 7.34. The summed E-state index contributed by atoms with van der Waals surface area (Å²) in [5, 5.41) is 0.628. The van der Waals surface area contributed by atoms with Crippen molar-refractivity contribution in [3.8, 4) is 0 Å². The van der Waals surface area contributed by atoms with Gasteiger partial charge in [-0.15, -0.1) is 0 Å². The van der Waals surface area contributed by atoms with E-state index in [2.05, 4.69) is 19.1 Å². The first kappa shape index (κ1) is 15.0. The highest BCUT2D eigenvalue weighted by Crippen LogP contribution is 2.42. The largest absolute Gasteiger partial charge is 0.462 e. The van der Waals surface area contributed by atoms with Crippen molar-refractivity contribution in [2.75, 3.05) is 18.1 Å². The third-order valence-corrected chi connectivity index (χ3v) is 6.04. The molecule has 4 heteroatoms. The molecular formula is C17H19ClO2S. The third kappa shape index (κ3) is 3.29. The van der Waals surface area contributed by atoms with Crippen LogP contribution in [0.15, 0.2) is 36.4 Å². The monoisotopic (exact) mass is 322 g/mol. The maximum Gasteiger partial charge on any atom is 0.338 e. The molecule has 0 radical (unpaired) electrons. The molecule has 1 heterocycles. The molecule has 0 saturated carbocycles. The molecule has 1 fully saturated rings. The van der Waals surface area contributed by atoms with Crippen molar-refractivity contribution in [1.82, 2.24) is 0 Å². The third-order valence-electron chi connectivity index (χ3n) is 4.54. The SMILES string of the molecule is C[C@@H]1C=C[C@@H]2CSC[C@H]2[C@@H]1COC(=O)c1ccc(Cl)cc1. The number of hydrogen-bond acceptors (Lipinski definition) is 3. The summed E-state index contributed by atoms with van der Waals surface area (Å²) in [4.78, 5) is 12.1. The fourth-order valence-corrected chi connectivity index (χ4v) is 4.85. The standard InChI is InChI=1S/C17H19ClO2S/c1-11-2-3-13-9-21-10-16(13)15(11)8-20-17(19)12-4-6-14(18)7-5-12/h2-7,11,13,15-16H,8-10H2,1H3/t11-,13-,15-,16-/m1/s1. The molecule has 4 atom stereocenters. The van der Waals surface area contributed by atoms with Crippen molar-refractivity contribution in [3.05, 3.63) is 47.0 Å². The number of hydrogen-bond donors (Lipinski definition) is 0. The second-order valence-electron chi connectivity index (χ2n) is 5.88. The summed E-state index contributed by atoms with van der Waals surface area (Å²) < 4.78 is 5.56. The van der Waals surface area contributed by atoms with Crippen LogP contribution in [-0.2, 0) is 4.74 Å². The number of allylic oxidation sites excluding steroid dienone is 2. The summed E-state index contributed by atoms with van der Waals surface area (Å²) in [7, 11) is 0. The Balaban J connectivity index is 1.62. The van der Waals surface area contributed by atoms with Crippen LogP contribution in [0.25, 0.3) is 0 Å². The van der Waals surface area contributed by atoms with Crippen molar-refractivity contribution in [3.63, 3.8) is 0 Å². The molecule has 1 aromatic rings. The Morgan fingerprint density at radius 2 is 2.05 bits per heavy atom. The minimum atomic E-state index is -0.254. The number of esters is 1. The second-order valence-corrected chi connectivity index (χ2v) is 7.39. The zero-order valence-electron chi connectivity index (χ0n) is 12.0. The molecule has 1 aliphatic heterocycles. The van der Waals surface area contributed by atoms with Crippen LogP contribution in [0.5, 0.6) is 0 Å². The van der Waals surface area contributed by atoms with Gasteiger partial charge >= 0.3 is 5.97 Å². The van der Waals surface area contributed by atoms with Crippen molar-refractivity contribution in [1.29, 1.82) is 0 Å². The van der Waals surface area contributed by atoms with E-state index >= 15 is 0 Å². The number of fused-ring (bicyclic) bond motifs is 1. The van der Waals surface area contributed by atoms with Crippen LogP contribution < -0.4 is 0 Å². The van der Waals surface area contributed by atoms with E-state index in [1.165, 1.54) is 11.5 Å². The average molecular weight is 323 g/mol. The van der Waals surface area contributed by atoms with Crippen LogP contribution in [0, 0.1) is 23.7 Å². The molecule has 2 nitrogen and oxygen atoms in total. The molecule has 1 aromatic carbocycles. The number of carbonyl (C=O) groups excluding carboxylic acids is 1. The van der Waals surface area contributed by atoms with Crippen molar-refractivity contribution < 1.29 is 9.53 Å². The molecule has 0 N–H and O–H groups in total. The van der Waals surface area contributed by atoms with Gasteiger partial charge in [0.15, 0.2) is 0 Å². The minimum absolute atomic E-state index is 0.254. The van der Waals surface area contributed by atoms with Gasteiger partial charge in [0.2, 0.25) is 0 Å². The Morgan fingerprint density at radius 3 is 2.81 bits per heavy atom. The Labute approximate surface area is 134 Å². The van der Waals surface area contributed by atoms with E-state index in [9.17, 15) is 4.79 Å². The van der Waals surface area contributed by atoms with Crippen LogP contribution in [0.1, 0.15) is 17.3 Å². The first-order chi connectivity index (χ1) is 10.1. The summed E-state index contributed by atoms with van der Waals surface area (Å²) in [6.45, 7) is 2.73. The van der Waals surface area contributed by atoms with E-state index < -0.39 is 0 Å². The normalized spacial score (nSPS) is 31.0. The number of benzene rings is 1. The lowest BCUT2D eigenvalue weighted by Gasteiger charge is -2.33. The Morgan fingerprint density at radius 1 is 1.29 bits per heavy atom. The molecule has 0 amide bonds. The van der Waals surface area contributed by atoms with Gasteiger partial charge in [-0.25, -0.2) is 4.79 Å². The van der Waals surface area contributed by atoms with E-state index in [-0.39, 0.29) is 5.97 Å². The number of carbonyl (C=O) groups is 1. The summed E-state index contributed by atoms with van der Waals surface area (Å²) in [6, 6.07) is 6.85. The van der Waals surface area contributed by atoms with Gasteiger partial charge in [0.1, 0.15) is 0 Å². The van der Waals surface area contributed by atoms with Crippen LogP contribution >= 0.6 is 23.4 Å². The maximum absolute atomic E-state index is 12.1. The lowest BCUT2D eigenvalue weighted by atomic mass is 9.73. The molecule has 3 rings (SSSR count). The van der Waals surface area contributed by atoms with Gasteiger partial charge in [0.25, 0.3) is 0 Å². The Kier molecular flexibility index (Phi) is 4.60. The quantitative estimate of drug-likeness (QED) is 0.613. The van der Waals surface area contributed by atoms with E-state index in [1.807, 2.05) is 11.8 Å². The smallest absolute Gasteiger partial charge is 0.338 e. The van der Waals surface area contributed by atoms with E-state index in [0.717, 1.165) is 0 Å². The van der Waals surface area contributed by atoms with E-state index in [0.29, 0.717) is 40.9 Å². The van der Waals surface area contributed by atoms with Gasteiger partial charge in [-0.2, -0.15) is 11.8 Å². The highest BCUT2D eigenvalue weighted by atomic mass is 35.5. The number of ether oxygens (including phenoxy) is 1. The molecule has 2 aliphatic rings. The Bertz CT molecular complexity index is 540. The van der Waals surface area contributed by atoms with Gasteiger partial charge in [-0.1, -0.05) is 30.7 Å². The van der Waals surface area contributed by atoms with Crippen LogP contribution in [0.3, 0.4) is 0 Å². The van der Waals surface area contributed by atoms with Gasteiger partial charge < -0.3 is 4.74 Å². The van der Waals surface area contributed by atoms with Crippen LogP contribution in [0.2, 0.25) is 5.02 Å². The highest BCUT2D eigenvalue weighted by Gasteiger charge is 2.38. The summed E-state index contributed by atoms with van der Waals surface area (Å²) in [5.74, 6) is 4.35. The fraction of sp³-hybridized carbons (Fsp3) is 0.471. The molecular weight excluding hydrogens is 304 g/mol. The summed E-state index contributed by atoms with van der Waals surface area (Å²) in [6.07, 6.45) is 4.64. The zero-order valence-corrected chi connectivity index (χ0v) is 13.6. The molecule has 0 aromatic heterocycles. The topological polar surface area (TPSA) is 26.3 Å². The number of thioether (sulfide) groups is 1. The second kappa shape index (κ2) is 6.45. The molecule has 112 valence electrons. The zero-order chi connectivity index (χ0) is 14.8. The van der Waals surface area contributed by atoms with Gasteiger partial charge in [-0.3, -0.25) is 0 Å². The Hall–Kier alpha value is -0.930. The van der Waals surface area contributed by atoms with Crippen molar-refractivity contribution in [2.45, 2.75) is 6.92 Å². The van der Waals surface area contributed by atoms with E-state index in [1.54, 1.807) is 24.3 Å². The lowest BCUT2D eigenvalue weighted by molar-refractivity contribution is 0.0331.